The van der Waals surface area contributed by atoms with Gasteiger partial charge in [-0.15, -0.1) is 10.2 Å². The average molecular weight is 356 g/mol. The van der Waals surface area contributed by atoms with Crippen LogP contribution in [-0.2, 0) is 4.79 Å². The number of hydrogen-bond acceptors (Lipinski definition) is 4. The second kappa shape index (κ2) is 7.04. The van der Waals surface area contributed by atoms with Gasteiger partial charge in [-0.05, 0) is 57.7 Å². The van der Waals surface area contributed by atoms with Gasteiger partial charge in [-0.25, -0.2) is 0 Å². The van der Waals surface area contributed by atoms with Crippen molar-refractivity contribution in [1.29, 1.82) is 0 Å². The molecular formula is C19H24N4OS. The van der Waals surface area contributed by atoms with E-state index in [0.717, 1.165) is 27.3 Å². The van der Waals surface area contributed by atoms with Crippen LogP contribution < -0.4 is 0 Å². The van der Waals surface area contributed by atoms with Crippen molar-refractivity contribution >= 4 is 34.2 Å². The number of rotatable bonds is 5. The van der Waals surface area contributed by atoms with Crippen LogP contribution in [0.25, 0.3) is 16.6 Å². The Morgan fingerprint density at radius 1 is 1.16 bits per heavy atom. The van der Waals surface area contributed by atoms with Crippen molar-refractivity contribution in [1.82, 2.24) is 19.5 Å². The first-order valence-corrected chi connectivity index (χ1v) is 9.56. The van der Waals surface area contributed by atoms with Gasteiger partial charge in [0.05, 0.1) is 11.3 Å². The number of benzene rings is 1. The first-order valence-electron chi connectivity index (χ1n) is 8.57. The summed E-state index contributed by atoms with van der Waals surface area (Å²) in [5, 5.41) is 10.6. The van der Waals surface area contributed by atoms with E-state index in [4.69, 9.17) is 0 Å². The predicted molar refractivity (Wildman–Crippen MR) is 103 cm³/mol. The summed E-state index contributed by atoms with van der Waals surface area (Å²) in [6.45, 7) is 10.2. The smallest absolute Gasteiger partial charge is 0.233 e. The topological polar surface area (TPSA) is 50.5 Å². The number of thioether (sulfide) groups is 1. The van der Waals surface area contributed by atoms with Gasteiger partial charge in [0.25, 0.3) is 0 Å². The van der Waals surface area contributed by atoms with Gasteiger partial charge in [-0.2, -0.15) is 0 Å². The van der Waals surface area contributed by atoms with Crippen molar-refractivity contribution in [2.24, 2.45) is 0 Å². The van der Waals surface area contributed by atoms with Crippen LogP contribution in [0.2, 0.25) is 0 Å². The molecule has 0 spiro atoms. The number of nitrogens with zero attached hydrogens (tertiary/aromatic N) is 4. The monoisotopic (exact) mass is 356 g/mol. The molecule has 0 aliphatic heterocycles. The van der Waals surface area contributed by atoms with Gasteiger partial charge in [0, 0.05) is 12.1 Å². The van der Waals surface area contributed by atoms with Crippen LogP contribution in [0.5, 0.6) is 0 Å². The lowest BCUT2D eigenvalue weighted by Crippen LogP contribution is -2.43. The van der Waals surface area contributed by atoms with Gasteiger partial charge < -0.3 is 4.90 Å². The van der Waals surface area contributed by atoms with E-state index in [2.05, 4.69) is 32.8 Å². The van der Waals surface area contributed by atoms with Crippen LogP contribution in [0.1, 0.15) is 33.3 Å². The summed E-state index contributed by atoms with van der Waals surface area (Å²) in [5.74, 6) is 0.489. The Bertz CT molecular complexity index is 908. The Kier molecular flexibility index (Phi) is 4.99. The first kappa shape index (κ1) is 17.7. The summed E-state index contributed by atoms with van der Waals surface area (Å²) in [7, 11) is 0. The zero-order valence-corrected chi connectivity index (χ0v) is 16.2. The third-order valence-corrected chi connectivity index (χ3v) is 5.17. The lowest BCUT2D eigenvalue weighted by Gasteiger charge is -2.30. The highest BCUT2D eigenvalue weighted by atomic mass is 32.2. The van der Waals surface area contributed by atoms with E-state index in [1.54, 1.807) is 0 Å². The molecule has 0 radical (unpaired) electrons. The van der Waals surface area contributed by atoms with Gasteiger partial charge in [-0.3, -0.25) is 9.20 Å². The van der Waals surface area contributed by atoms with Crippen molar-refractivity contribution in [2.75, 3.05) is 5.75 Å². The van der Waals surface area contributed by atoms with Crippen LogP contribution in [-0.4, -0.2) is 43.2 Å². The molecule has 2 heterocycles. The second-order valence-electron chi connectivity index (χ2n) is 6.80. The molecule has 0 N–H and O–H groups in total. The molecule has 0 bridgehead atoms. The fourth-order valence-corrected chi connectivity index (χ4v) is 4.13. The third kappa shape index (κ3) is 3.35. The molecule has 0 saturated heterocycles. The molecule has 0 aliphatic carbocycles. The molecule has 0 unspecified atom stereocenters. The normalized spacial score (nSPS) is 11.8. The molecular weight excluding hydrogens is 332 g/mol. The molecule has 3 rings (SSSR count). The SMILES string of the molecule is Cc1cc2ccccc2n2c(SCC(=O)N(C(C)C)C(C)C)nnc12. The van der Waals surface area contributed by atoms with E-state index in [-0.39, 0.29) is 18.0 Å². The van der Waals surface area contributed by atoms with Crippen LogP contribution in [0.4, 0.5) is 0 Å². The summed E-state index contributed by atoms with van der Waals surface area (Å²) in [5.41, 5.74) is 2.99. The molecule has 1 aromatic carbocycles. The highest BCUT2D eigenvalue weighted by Crippen LogP contribution is 2.26. The Balaban J connectivity index is 1.94. The fourth-order valence-electron chi connectivity index (χ4n) is 3.32. The molecule has 1 amide bonds. The Hall–Kier alpha value is -2.08. The van der Waals surface area contributed by atoms with Crippen molar-refractivity contribution in [2.45, 2.75) is 51.9 Å². The van der Waals surface area contributed by atoms with Crippen molar-refractivity contribution in [3.8, 4) is 0 Å². The van der Waals surface area contributed by atoms with Crippen LogP contribution in [0, 0.1) is 6.92 Å². The Labute approximate surface area is 152 Å². The average Bonchev–Trinajstić information content (AvgIpc) is 2.97. The highest BCUT2D eigenvalue weighted by molar-refractivity contribution is 7.99. The lowest BCUT2D eigenvalue weighted by molar-refractivity contribution is -0.131. The van der Waals surface area contributed by atoms with E-state index in [0.29, 0.717) is 5.75 Å². The summed E-state index contributed by atoms with van der Waals surface area (Å²) in [6, 6.07) is 10.7. The van der Waals surface area contributed by atoms with Gasteiger partial charge in [-0.1, -0.05) is 30.0 Å². The molecule has 5 nitrogen and oxygen atoms in total. The number of hydrogen-bond donors (Lipinski definition) is 0. The molecule has 0 saturated carbocycles. The minimum absolute atomic E-state index is 0.128. The van der Waals surface area contributed by atoms with E-state index in [1.807, 2.05) is 51.7 Å². The number of pyridine rings is 1. The highest BCUT2D eigenvalue weighted by Gasteiger charge is 2.21. The van der Waals surface area contributed by atoms with Gasteiger partial charge >= 0.3 is 0 Å². The third-order valence-electron chi connectivity index (χ3n) is 4.26. The molecule has 0 aliphatic rings. The molecule has 0 fully saturated rings. The van der Waals surface area contributed by atoms with Crippen LogP contribution in [0.15, 0.2) is 35.5 Å². The van der Waals surface area contributed by atoms with Crippen molar-refractivity contribution in [3.05, 3.63) is 35.9 Å². The van der Waals surface area contributed by atoms with E-state index >= 15 is 0 Å². The minimum Gasteiger partial charge on any atom is -0.337 e. The maximum Gasteiger partial charge on any atom is 0.233 e. The zero-order valence-electron chi connectivity index (χ0n) is 15.4. The molecule has 6 heteroatoms. The van der Waals surface area contributed by atoms with Gasteiger partial charge in [0.15, 0.2) is 10.8 Å². The minimum atomic E-state index is 0.128. The number of aryl methyl sites for hydroxylation is 1. The summed E-state index contributed by atoms with van der Waals surface area (Å²) < 4.78 is 2.05. The van der Waals surface area contributed by atoms with E-state index in [1.165, 1.54) is 11.8 Å². The summed E-state index contributed by atoms with van der Waals surface area (Å²) in [6.07, 6.45) is 0. The number of amides is 1. The van der Waals surface area contributed by atoms with Crippen molar-refractivity contribution < 1.29 is 4.79 Å². The van der Waals surface area contributed by atoms with E-state index in [9.17, 15) is 4.79 Å². The fraction of sp³-hybridized carbons (Fsp3) is 0.421. The summed E-state index contributed by atoms with van der Waals surface area (Å²) >= 11 is 1.45. The number of aromatic nitrogens is 3. The lowest BCUT2D eigenvalue weighted by atomic mass is 10.1. The first-order chi connectivity index (χ1) is 11.9. The van der Waals surface area contributed by atoms with Crippen molar-refractivity contribution in [3.63, 3.8) is 0 Å². The maximum atomic E-state index is 12.6. The standard InChI is InChI=1S/C19H24N4OS/c1-12(2)22(13(3)4)17(24)11-25-19-21-20-18-14(5)10-15-8-6-7-9-16(15)23(18)19/h6-10,12-13H,11H2,1-5H3. The number of para-hydroxylation sites is 1. The largest absolute Gasteiger partial charge is 0.337 e. The zero-order chi connectivity index (χ0) is 18.1. The Morgan fingerprint density at radius 2 is 1.84 bits per heavy atom. The molecule has 2 aromatic heterocycles. The predicted octanol–water partition coefficient (Wildman–Crippen LogP) is 3.93. The van der Waals surface area contributed by atoms with Crippen LogP contribution in [0.3, 0.4) is 0 Å². The second-order valence-corrected chi connectivity index (χ2v) is 7.75. The number of fused-ring (bicyclic) bond motifs is 3. The van der Waals surface area contributed by atoms with Crippen LogP contribution >= 0.6 is 11.8 Å². The summed E-state index contributed by atoms with van der Waals surface area (Å²) in [4.78, 5) is 14.6. The number of carbonyl (C=O) groups is 1. The van der Waals surface area contributed by atoms with Gasteiger partial charge in [0.2, 0.25) is 5.91 Å². The quantitative estimate of drug-likeness (QED) is 0.650. The van der Waals surface area contributed by atoms with E-state index < -0.39 is 0 Å². The molecule has 0 atom stereocenters. The van der Waals surface area contributed by atoms with Gasteiger partial charge in [0.1, 0.15) is 0 Å². The maximum absolute atomic E-state index is 12.6. The Morgan fingerprint density at radius 3 is 2.52 bits per heavy atom. The molecule has 3 aromatic rings. The number of carbonyl (C=O) groups excluding carboxylic acids is 1. The molecule has 25 heavy (non-hydrogen) atoms. The molecule has 132 valence electrons.